The van der Waals surface area contributed by atoms with Gasteiger partial charge < -0.3 is 5.32 Å². The van der Waals surface area contributed by atoms with E-state index in [2.05, 4.69) is 19.2 Å². The summed E-state index contributed by atoms with van der Waals surface area (Å²) in [7, 11) is -1.63. The zero-order valence-electron chi connectivity index (χ0n) is 13.6. The average molecular weight is 305 g/mol. The van der Waals surface area contributed by atoms with Crippen molar-refractivity contribution in [1.29, 1.82) is 0 Å². The van der Waals surface area contributed by atoms with Gasteiger partial charge in [-0.3, -0.25) is 0 Å². The van der Waals surface area contributed by atoms with Crippen LogP contribution in [0.3, 0.4) is 0 Å². The van der Waals surface area contributed by atoms with Crippen molar-refractivity contribution in [2.24, 2.45) is 0 Å². The molecular weight excluding hydrogens is 274 g/mol. The van der Waals surface area contributed by atoms with Crippen molar-refractivity contribution in [2.75, 3.05) is 20.1 Å². The van der Waals surface area contributed by atoms with Gasteiger partial charge >= 0.3 is 0 Å². The number of hydrogen-bond donors (Lipinski definition) is 1. The lowest BCUT2D eigenvalue weighted by molar-refractivity contribution is 0.191. The number of nitrogens with one attached hydrogen (secondary N) is 1. The quantitative estimate of drug-likeness (QED) is 0.730. The molecule has 0 bridgehead atoms. The smallest absolute Gasteiger partial charge is 0.282 e. The second-order valence-corrected chi connectivity index (χ2v) is 8.19. The number of nitrogens with zero attached hydrogens (tertiary/aromatic N) is 2. The van der Waals surface area contributed by atoms with E-state index < -0.39 is 10.2 Å². The molecule has 0 saturated carbocycles. The predicted molar refractivity (Wildman–Crippen MR) is 83.9 cm³/mol. The highest BCUT2D eigenvalue weighted by Crippen LogP contribution is 2.26. The zero-order valence-corrected chi connectivity index (χ0v) is 14.4. The van der Waals surface area contributed by atoms with Crippen LogP contribution in [0, 0.1) is 0 Å². The van der Waals surface area contributed by atoms with Crippen LogP contribution in [0.25, 0.3) is 0 Å². The molecule has 1 saturated heterocycles. The van der Waals surface area contributed by atoms with Gasteiger partial charge in [-0.05, 0) is 39.7 Å². The van der Waals surface area contributed by atoms with Crippen molar-refractivity contribution in [3.8, 4) is 0 Å². The van der Waals surface area contributed by atoms with Crippen molar-refractivity contribution >= 4 is 10.2 Å². The molecule has 1 N–H and O–H groups in total. The van der Waals surface area contributed by atoms with Gasteiger partial charge in [0.15, 0.2) is 0 Å². The summed E-state index contributed by atoms with van der Waals surface area (Å²) in [6.07, 6.45) is 3.89. The Hall–Kier alpha value is -0.170. The van der Waals surface area contributed by atoms with E-state index in [4.69, 9.17) is 0 Å². The summed E-state index contributed by atoms with van der Waals surface area (Å²) in [6, 6.07) is 0.666. The van der Waals surface area contributed by atoms with Crippen LogP contribution in [0.2, 0.25) is 0 Å². The van der Waals surface area contributed by atoms with Gasteiger partial charge in [0, 0.05) is 31.7 Å². The van der Waals surface area contributed by atoms with Crippen LogP contribution in [-0.2, 0) is 10.2 Å². The van der Waals surface area contributed by atoms with Crippen LogP contribution >= 0.6 is 0 Å². The topological polar surface area (TPSA) is 52.7 Å². The molecule has 1 fully saturated rings. The maximum atomic E-state index is 12.7. The maximum Gasteiger partial charge on any atom is 0.282 e. The Morgan fingerprint density at radius 3 is 2.30 bits per heavy atom. The molecule has 0 amide bonds. The molecule has 2 atom stereocenters. The monoisotopic (exact) mass is 305 g/mol. The lowest BCUT2D eigenvalue weighted by atomic mass is 10.0. The van der Waals surface area contributed by atoms with Crippen LogP contribution < -0.4 is 5.32 Å². The fourth-order valence-electron chi connectivity index (χ4n) is 2.82. The Labute approximate surface area is 124 Å². The Balaban J connectivity index is 2.57. The first-order valence-corrected chi connectivity index (χ1v) is 9.14. The van der Waals surface area contributed by atoms with Crippen LogP contribution in [0.5, 0.6) is 0 Å². The Morgan fingerprint density at radius 1 is 1.25 bits per heavy atom. The molecule has 6 heteroatoms. The molecule has 1 rings (SSSR count). The molecule has 1 aliphatic rings. The lowest BCUT2D eigenvalue weighted by Gasteiger charge is -2.39. The fourth-order valence-corrected chi connectivity index (χ4v) is 4.62. The first-order chi connectivity index (χ1) is 9.26. The van der Waals surface area contributed by atoms with Gasteiger partial charge in [-0.15, -0.1) is 0 Å². The van der Waals surface area contributed by atoms with Gasteiger partial charge in [-0.2, -0.15) is 17.0 Å². The normalized spacial score (nSPS) is 25.6. The van der Waals surface area contributed by atoms with Gasteiger partial charge in [-0.25, -0.2) is 0 Å². The van der Waals surface area contributed by atoms with E-state index in [1.165, 1.54) is 4.31 Å². The molecule has 0 spiro atoms. The lowest BCUT2D eigenvalue weighted by Crippen LogP contribution is -2.52. The predicted octanol–water partition coefficient (Wildman–Crippen LogP) is 1.81. The first-order valence-electron chi connectivity index (χ1n) is 7.75. The minimum absolute atomic E-state index is 0.111. The SMILES string of the molecule is CC(C)NCCCN(C)S(=O)(=O)N1C(C)CCCC1C. The van der Waals surface area contributed by atoms with E-state index >= 15 is 0 Å². The number of rotatable bonds is 7. The Kier molecular flexibility index (Phi) is 6.91. The summed E-state index contributed by atoms with van der Waals surface area (Å²) < 4.78 is 28.5. The Bertz CT molecular complexity index is 374. The van der Waals surface area contributed by atoms with Crippen LogP contribution in [0.15, 0.2) is 0 Å². The van der Waals surface area contributed by atoms with Crippen molar-refractivity contribution < 1.29 is 8.42 Å². The van der Waals surface area contributed by atoms with Gasteiger partial charge in [0.1, 0.15) is 0 Å². The second-order valence-electron chi connectivity index (χ2n) is 6.25. The third kappa shape index (κ3) is 4.69. The summed E-state index contributed by atoms with van der Waals surface area (Å²) in [4.78, 5) is 0. The highest BCUT2D eigenvalue weighted by Gasteiger charge is 2.36. The van der Waals surface area contributed by atoms with Gasteiger partial charge in [0.05, 0.1) is 0 Å². The minimum atomic E-state index is -3.32. The van der Waals surface area contributed by atoms with E-state index in [1.807, 2.05) is 13.8 Å². The third-order valence-corrected chi connectivity index (χ3v) is 6.20. The van der Waals surface area contributed by atoms with E-state index in [-0.39, 0.29) is 12.1 Å². The highest BCUT2D eigenvalue weighted by atomic mass is 32.2. The van der Waals surface area contributed by atoms with Crippen molar-refractivity contribution in [2.45, 2.75) is 71.5 Å². The standard InChI is InChI=1S/C14H31N3O2S/c1-12(2)15-10-7-11-16(5)20(18,19)17-13(3)8-6-9-14(17)4/h12-15H,6-11H2,1-5H3. The van der Waals surface area contributed by atoms with Gasteiger partial charge in [0.2, 0.25) is 0 Å². The molecule has 0 aromatic carbocycles. The summed E-state index contributed by atoms with van der Waals surface area (Å²) in [5.74, 6) is 0. The van der Waals surface area contributed by atoms with Crippen molar-refractivity contribution in [3.05, 3.63) is 0 Å². The second kappa shape index (κ2) is 7.73. The van der Waals surface area contributed by atoms with Crippen molar-refractivity contribution in [3.63, 3.8) is 0 Å². The van der Waals surface area contributed by atoms with Crippen molar-refractivity contribution in [1.82, 2.24) is 13.9 Å². The summed E-state index contributed by atoms with van der Waals surface area (Å²) in [5.41, 5.74) is 0. The van der Waals surface area contributed by atoms with E-state index in [9.17, 15) is 8.42 Å². The summed E-state index contributed by atoms with van der Waals surface area (Å²) in [5, 5.41) is 3.31. The molecular formula is C14H31N3O2S. The minimum Gasteiger partial charge on any atom is -0.314 e. The van der Waals surface area contributed by atoms with Crippen LogP contribution in [0.1, 0.15) is 53.4 Å². The largest absolute Gasteiger partial charge is 0.314 e. The number of hydrogen-bond acceptors (Lipinski definition) is 3. The van der Waals surface area contributed by atoms with E-state index in [0.717, 1.165) is 32.2 Å². The molecule has 120 valence electrons. The van der Waals surface area contributed by atoms with E-state index in [1.54, 1.807) is 11.4 Å². The molecule has 20 heavy (non-hydrogen) atoms. The maximum absolute atomic E-state index is 12.7. The molecule has 0 aliphatic carbocycles. The van der Waals surface area contributed by atoms with Gasteiger partial charge in [-0.1, -0.05) is 20.3 Å². The molecule has 1 aliphatic heterocycles. The average Bonchev–Trinajstić information content (AvgIpc) is 2.33. The summed E-state index contributed by atoms with van der Waals surface area (Å²) >= 11 is 0. The van der Waals surface area contributed by atoms with E-state index in [0.29, 0.717) is 12.6 Å². The van der Waals surface area contributed by atoms with Crippen LogP contribution in [0.4, 0.5) is 0 Å². The third-order valence-electron chi connectivity index (χ3n) is 3.98. The molecule has 0 radical (unpaired) electrons. The van der Waals surface area contributed by atoms with Crippen LogP contribution in [-0.4, -0.2) is 55.3 Å². The highest BCUT2D eigenvalue weighted by molar-refractivity contribution is 7.86. The summed E-state index contributed by atoms with van der Waals surface area (Å²) in [6.45, 7) is 9.64. The molecule has 1 heterocycles. The number of piperidine rings is 1. The fraction of sp³-hybridized carbons (Fsp3) is 1.00. The first kappa shape index (κ1) is 17.9. The Morgan fingerprint density at radius 2 is 1.80 bits per heavy atom. The molecule has 5 nitrogen and oxygen atoms in total. The van der Waals surface area contributed by atoms with Gasteiger partial charge in [0.25, 0.3) is 10.2 Å². The zero-order chi connectivity index (χ0) is 15.3. The molecule has 2 unspecified atom stereocenters. The molecule has 0 aromatic heterocycles. The molecule has 0 aromatic rings.